The highest BCUT2D eigenvalue weighted by Gasteiger charge is 2.22. The number of guanidine groups is 1. The number of hydrogen-bond acceptors (Lipinski definition) is 6. The highest BCUT2D eigenvalue weighted by molar-refractivity contribution is 5.89. The normalized spacial score (nSPS) is 15.6. The number of amides is 2. The minimum Gasteiger partial charge on any atom is -0.454 e. The third-order valence-corrected chi connectivity index (χ3v) is 4.62. The Morgan fingerprint density at radius 1 is 1.26 bits per heavy atom. The topological polar surface area (TPSA) is 131 Å². The first-order chi connectivity index (χ1) is 14.7. The van der Waals surface area contributed by atoms with Crippen molar-refractivity contribution < 1.29 is 23.5 Å². The Bertz CT molecular complexity index is 748. The van der Waals surface area contributed by atoms with Gasteiger partial charge in [-0.05, 0) is 52.2 Å². The van der Waals surface area contributed by atoms with E-state index in [1.807, 2.05) is 20.8 Å². The van der Waals surface area contributed by atoms with Crippen molar-refractivity contribution >= 4 is 18.0 Å². The average Bonchev–Trinajstić information content (AvgIpc) is 3.17. The van der Waals surface area contributed by atoms with E-state index in [4.69, 9.17) is 19.6 Å². The van der Waals surface area contributed by atoms with Crippen molar-refractivity contribution in [3.05, 3.63) is 23.7 Å². The molecule has 174 valence electrons. The highest BCUT2D eigenvalue weighted by atomic mass is 16.6. The Labute approximate surface area is 183 Å². The lowest BCUT2D eigenvalue weighted by Crippen LogP contribution is -2.46. The zero-order valence-corrected chi connectivity index (χ0v) is 18.9. The van der Waals surface area contributed by atoms with Crippen LogP contribution in [0, 0.1) is 0 Å². The zero-order chi connectivity index (χ0) is 22.9. The van der Waals surface area contributed by atoms with Gasteiger partial charge in [-0.3, -0.25) is 9.79 Å². The third kappa shape index (κ3) is 8.87. The molecule has 0 saturated carbocycles. The van der Waals surface area contributed by atoms with Crippen LogP contribution >= 0.6 is 0 Å². The fourth-order valence-corrected chi connectivity index (χ4v) is 3.16. The largest absolute Gasteiger partial charge is 0.454 e. The summed E-state index contributed by atoms with van der Waals surface area (Å²) in [6.45, 7) is 8.69. The molecule has 10 nitrogen and oxygen atoms in total. The maximum Gasteiger partial charge on any atom is 0.407 e. The number of nitrogens with two attached hydrogens (primary N) is 1. The van der Waals surface area contributed by atoms with Gasteiger partial charge in [-0.2, -0.15) is 0 Å². The quantitative estimate of drug-likeness (QED) is 0.321. The standard InChI is InChI=1S/C21H35N5O5/c1-21(2,3)31-20(28)24-10-5-13-29-15-8-11-26(12-9-15)19(23-4)25-14-16-6-7-17(30-16)18(22)27/h6-7,15H,5,8-14H2,1-4H3,(H2,22,27)(H,23,25)(H,24,28). The van der Waals surface area contributed by atoms with Gasteiger partial charge in [0.1, 0.15) is 11.4 Å². The van der Waals surface area contributed by atoms with Gasteiger partial charge in [0.15, 0.2) is 11.7 Å². The molecule has 10 heteroatoms. The van der Waals surface area contributed by atoms with Crippen molar-refractivity contribution in [2.75, 3.05) is 33.3 Å². The number of nitrogens with one attached hydrogen (secondary N) is 2. The second kappa shape index (κ2) is 11.6. The van der Waals surface area contributed by atoms with E-state index >= 15 is 0 Å². The molecule has 1 fully saturated rings. The van der Waals surface area contributed by atoms with E-state index in [2.05, 4.69) is 20.5 Å². The SMILES string of the molecule is CN=C(NCc1ccc(C(N)=O)o1)N1CCC(OCCCNC(=O)OC(C)(C)C)CC1. The maximum absolute atomic E-state index is 11.6. The summed E-state index contributed by atoms with van der Waals surface area (Å²) in [5, 5.41) is 5.98. The molecule has 1 aromatic rings. The lowest BCUT2D eigenvalue weighted by molar-refractivity contribution is 0.0170. The molecule has 4 N–H and O–H groups in total. The molecule has 1 saturated heterocycles. The van der Waals surface area contributed by atoms with E-state index in [0.717, 1.165) is 38.3 Å². The Balaban J connectivity index is 1.62. The van der Waals surface area contributed by atoms with Crippen molar-refractivity contribution in [3.8, 4) is 0 Å². The van der Waals surface area contributed by atoms with Crippen LogP contribution in [0.15, 0.2) is 21.5 Å². The number of piperidine rings is 1. The summed E-state index contributed by atoms with van der Waals surface area (Å²) >= 11 is 0. The van der Waals surface area contributed by atoms with Crippen molar-refractivity contribution in [1.29, 1.82) is 0 Å². The van der Waals surface area contributed by atoms with E-state index in [9.17, 15) is 9.59 Å². The van der Waals surface area contributed by atoms with Gasteiger partial charge in [0, 0.05) is 33.3 Å². The van der Waals surface area contributed by atoms with Gasteiger partial charge in [0.05, 0.1) is 12.6 Å². The number of aliphatic imine (C=N–C) groups is 1. The molecule has 0 aliphatic carbocycles. The molecular formula is C21H35N5O5. The Morgan fingerprint density at radius 3 is 2.55 bits per heavy atom. The predicted octanol–water partition coefficient (Wildman–Crippen LogP) is 1.85. The maximum atomic E-state index is 11.6. The van der Waals surface area contributed by atoms with Crippen LogP contribution in [0.25, 0.3) is 0 Å². The van der Waals surface area contributed by atoms with Gasteiger partial charge in [-0.15, -0.1) is 0 Å². The molecule has 1 aliphatic heterocycles. The molecule has 31 heavy (non-hydrogen) atoms. The molecule has 0 unspecified atom stereocenters. The summed E-state index contributed by atoms with van der Waals surface area (Å²) in [5.41, 5.74) is 4.71. The summed E-state index contributed by atoms with van der Waals surface area (Å²) in [6, 6.07) is 3.28. The van der Waals surface area contributed by atoms with Crippen LogP contribution in [0.3, 0.4) is 0 Å². The molecule has 0 bridgehead atoms. The second-order valence-electron chi connectivity index (χ2n) is 8.37. The molecule has 1 aromatic heterocycles. The number of carbonyl (C=O) groups excluding carboxylic acids is 2. The van der Waals surface area contributed by atoms with Crippen molar-refractivity contribution in [3.63, 3.8) is 0 Å². The predicted molar refractivity (Wildman–Crippen MR) is 117 cm³/mol. The number of furan rings is 1. The molecular weight excluding hydrogens is 402 g/mol. The molecule has 0 aromatic carbocycles. The Morgan fingerprint density at radius 2 is 1.97 bits per heavy atom. The van der Waals surface area contributed by atoms with Crippen molar-refractivity contribution in [1.82, 2.24) is 15.5 Å². The van der Waals surface area contributed by atoms with Crippen LogP contribution in [0.5, 0.6) is 0 Å². The van der Waals surface area contributed by atoms with Crippen LogP contribution in [-0.4, -0.2) is 67.9 Å². The van der Waals surface area contributed by atoms with Gasteiger partial charge in [-0.25, -0.2) is 4.79 Å². The van der Waals surface area contributed by atoms with E-state index in [1.165, 1.54) is 0 Å². The van der Waals surface area contributed by atoms with Crippen LogP contribution in [0.1, 0.15) is 56.3 Å². The molecule has 0 spiro atoms. The smallest absolute Gasteiger partial charge is 0.407 e. The third-order valence-electron chi connectivity index (χ3n) is 4.62. The number of primary amides is 1. The van der Waals surface area contributed by atoms with Gasteiger partial charge < -0.3 is 35.2 Å². The molecule has 0 radical (unpaired) electrons. The first-order valence-electron chi connectivity index (χ1n) is 10.6. The molecule has 2 amide bonds. The fourth-order valence-electron chi connectivity index (χ4n) is 3.16. The summed E-state index contributed by atoms with van der Waals surface area (Å²) in [7, 11) is 1.74. The summed E-state index contributed by atoms with van der Waals surface area (Å²) < 4.78 is 16.5. The van der Waals surface area contributed by atoms with Gasteiger partial charge in [-0.1, -0.05) is 0 Å². The van der Waals surface area contributed by atoms with E-state index in [1.54, 1.807) is 19.2 Å². The molecule has 0 atom stereocenters. The van der Waals surface area contributed by atoms with Gasteiger partial charge in [0.25, 0.3) is 5.91 Å². The summed E-state index contributed by atoms with van der Waals surface area (Å²) in [4.78, 5) is 29.2. The average molecular weight is 438 g/mol. The van der Waals surface area contributed by atoms with Crippen LogP contribution in [0.4, 0.5) is 4.79 Å². The van der Waals surface area contributed by atoms with Gasteiger partial charge >= 0.3 is 6.09 Å². The minimum atomic E-state index is -0.585. The first-order valence-corrected chi connectivity index (χ1v) is 10.6. The van der Waals surface area contributed by atoms with Gasteiger partial charge in [0.2, 0.25) is 0 Å². The Kier molecular flexibility index (Phi) is 9.17. The molecule has 2 rings (SSSR count). The van der Waals surface area contributed by atoms with Crippen molar-refractivity contribution in [2.45, 2.75) is 58.3 Å². The fraction of sp³-hybridized carbons (Fsp3) is 0.667. The first kappa shape index (κ1) is 24.5. The van der Waals surface area contributed by atoms with Crippen LogP contribution < -0.4 is 16.4 Å². The van der Waals surface area contributed by atoms with E-state index in [-0.39, 0.29) is 11.9 Å². The summed E-state index contributed by atoms with van der Waals surface area (Å²) in [5.74, 6) is 0.953. The Hall–Kier alpha value is -2.75. The van der Waals surface area contributed by atoms with Crippen LogP contribution in [0.2, 0.25) is 0 Å². The monoisotopic (exact) mass is 437 g/mol. The summed E-state index contributed by atoms with van der Waals surface area (Å²) in [6.07, 6.45) is 2.32. The minimum absolute atomic E-state index is 0.144. The number of carbonyl (C=O) groups is 2. The number of nitrogens with zero attached hydrogens (tertiary/aromatic N) is 2. The van der Waals surface area contributed by atoms with E-state index in [0.29, 0.717) is 25.5 Å². The van der Waals surface area contributed by atoms with E-state index < -0.39 is 17.6 Å². The van der Waals surface area contributed by atoms with Crippen molar-refractivity contribution in [2.24, 2.45) is 10.7 Å². The zero-order valence-electron chi connectivity index (χ0n) is 18.9. The number of ether oxygens (including phenoxy) is 2. The highest BCUT2D eigenvalue weighted by Crippen LogP contribution is 2.15. The molecule has 2 heterocycles. The number of rotatable bonds is 8. The molecule has 1 aliphatic rings. The van der Waals surface area contributed by atoms with Crippen LogP contribution in [-0.2, 0) is 16.0 Å². The second-order valence-corrected chi connectivity index (χ2v) is 8.37. The number of likely N-dealkylation sites (tertiary alicyclic amines) is 1. The number of hydrogen-bond donors (Lipinski definition) is 3. The lowest BCUT2D eigenvalue weighted by atomic mass is 10.1. The number of alkyl carbamates (subject to hydrolysis) is 1. The lowest BCUT2D eigenvalue weighted by Gasteiger charge is -2.34.